The molecule has 0 saturated heterocycles. The van der Waals surface area contributed by atoms with Crippen LogP contribution in [0.2, 0.25) is 5.02 Å². The van der Waals surface area contributed by atoms with E-state index >= 15 is 0 Å². The van der Waals surface area contributed by atoms with Gasteiger partial charge in [-0.3, -0.25) is 4.98 Å². The van der Waals surface area contributed by atoms with Gasteiger partial charge in [-0.15, -0.1) is 0 Å². The fourth-order valence-corrected chi connectivity index (χ4v) is 2.41. The number of aryl methyl sites for hydroxylation is 1. The van der Waals surface area contributed by atoms with E-state index in [1.807, 2.05) is 0 Å². The van der Waals surface area contributed by atoms with Gasteiger partial charge in [0.25, 0.3) is 0 Å². The fourth-order valence-electron chi connectivity index (χ4n) is 2.24. The van der Waals surface area contributed by atoms with Crippen LogP contribution >= 0.6 is 11.6 Å². The number of rotatable bonds is 4. The van der Waals surface area contributed by atoms with Gasteiger partial charge in [0, 0.05) is 30.7 Å². The smallest absolute Gasteiger partial charge is 0.0718 e. The molecule has 0 amide bonds. The SMILES string of the molecule is CCn1c(C)cc(CNc2cnccc2Cl)c1C. The molecule has 1 N–H and O–H groups in total. The molecule has 0 unspecified atom stereocenters. The Morgan fingerprint density at radius 3 is 2.78 bits per heavy atom. The summed E-state index contributed by atoms with van der Waals surface area (Å²) in [7, 11) is 0. The summed E-state index contributed by atoms with van der Waals surface area (Å²) in [6.07, 6.45) is 3.44. The molecule has 0 bridgehead atoms. The van der Waals surface area contributed by atoms with Gasteiger partial charge < -0.3 is 9.88 Å². The fraction of sp³-hybridized carbons (Fsp3) is 0.357. The summed E-state index contributed by atoms with van der Waals surface area (Å²) in [6, 6.07) is 4.01. The average molecular weight is 264 g/mol. The lowest BCUT2D eigenvalue weighted by atomic mass is 10.2. The Morgan fingerprint density at radius 1 is 1.39 bits per heavy atom. The Balaban J connectivity index is 2.14. The highest BCUT2D eigenvalue weighted by Gasteiger charge is 2.08. The maximum Gasteiger partial charge on any atom is 0.0718 e. The highest BCUT2D eigenvalue weighted by atomic mass is 35.5. The summed E-state index contributed by atoms with van der Waals surface area (Å²) >= 11 is 6.09. The van der Waals surface area contributed by atoms with Gasteiger partial charge in [-0.05, 0) is 38.5 Å². The first-order valence-corrected chi connectivity index (χ1v) is 6.50. The van der Waals surface area contributed by atoms with Crippen molar-refractivity contribution in [2.24, 2.45) is 0 Å². The van der Waals surface area contributed by atoms with Crippen molar-refractivity contribution >= 4 is 17.3 Å². The minimum Gasteiger partial charge on any atom is -0.378 e. The number of pyridine rings is 1. The van der Waals surface area contributed by atoms with Gasteiger partial charge in [-0.2, -0.15) is 0 Å². The second kappa shape index (κ2) is 5.44. The first kappa shape index (κ1) is 13.0. The zero-order valence-corrected chi connectivity index (χ0v) is 11.8. The summed E-state index contributed by atoms with van der Waals surface area (Å²) in [5.41, 5.74) is 4.78. The maximum atomic E-state index is 6.09. The van der Waals surface area contributed by atoms with Crippen LogP contribution in [0.3, 0.4) is 0 Å². The summed E-state index contributed by atoms with van der Waals surface area (Å²) in [5.74, 6) is 0. The van der Waals surface area contributed by atoms with E-state index in [0.717, 1.165) is 18.8 Å². The normalized spacial score (nSPS) is 10.7. The second-order valence-corrected chi connectivity index (χ2v) is 4.76. The Morgan fingerprint density at radius 2 is 2.17 bits per heavy atom. The highest BCUT2D eigenvalue weighted by molar-refractivity contribution is 6.33. The Bertz CT molecular complexity index is 546. The van der Waals surface area contributed by atoms with E-state index in [4.69, 9.17) is 11.6 Å². The molecule has 2 rings (SSSR count). The van der Waals surface area contributed by atoms with Crippen molar-refractivity contribution in [3.05, 3.63) is 46.5 Å². The van der Waals surface area contributed by atoms with Crippen molar-refractivity contribution in [1.82, 2.24) is 9.55 Å². The van der Waals surface area contributed by atoms with E-state index in [0.29, 0.717) is 5.02 Å². The first-order chi connectivity index (χ1) is 8.63. The number of hydrogen-bond acceptors (Lipinski definition) is 2. The number of anilines is 1. The average Bonchev–Trinajstić information content (AvgIpc) is 2.63. The van der Waals surface area contributed by atoms with Crippen LogP contribution in [0.5, 0.6) is 0 Å². The van der Waals surface area contributed by atoms with Gasteiger partial charge in [0.15, 0.2) is 0 Å². The van der Waals surface area contributed by atoms with Crippen LogP contribution in [-0.4, -0.2) is 9.55 Å². The molecule has 96 valence electrons. The molecule has 0 saturated carbocycles. The topological polar surface area (TPSA) is 29.9 Å². The van der Waals surface area contributed by atoms with E-state index in [1.54, 1.807) is 18.5 Å². The van der Waals surface area contributed by atoms with E-state index in [-0.39, 0.29) is 0 Å². The number of nitrogens with zero attached hydrogens (tertiary/aromatic N) is 2. The quantitative estimate of drug-likeness (QED) is 0.910. The van der Waals surface area contributed by atoms with Crippen molar-refractivity contribution in [2.75, 3.05) is 5.32 Å². The van der Waals surface area contributed by atoms with Crippen LogP contribution in [0.1, 0.15) is 23.9 Å². The molecule has 0 aliphatic carbocycles. The Hall–Kier alpha value is -1.48. The monoisotopic (exact) mass is 263 g/mol. The van der Waals surface area contributed by atoms with Gasteiger partial charge >= 0.3 is 0 Å². The second-order valence-electron chi connectivity index (χ2n) is 4.35. The number of nitrogens with one attached hydrogen (secondary N) is 1. The third-order valence-corrected chi connectivity index (χ3v) is 3.56. The van der Waals surface area contributed by atoms with E-state index in [2.05, 4.69) is 41.7 Å². The molecule has 18 heavy (non-hydrogen) atoms. The van der Waals surface area contributed by atoms with Crippen molar-refractivity contribution in [2.45, 2.75) is 33.9 Å². The molecule has 0 spiro atoms. The lowest BCUT2D eigenvalue weighted by Gasteiger charge is -2.09. The molecule has 0 atom stereocenters. The molecule has 0 radical (unpaired) electrons. The third kappa shape index (κ3) is 2.51. The highest BCUT2D eigenvalue weighted by Crippen LogP contribution is 2.21. The molecule has 2 aromatic heterocycles. The van der Waals surface area contributed by atoms with Crippen molar-refractivity contribution < 1.29 is 0 Å². The standard InChI is InChI=1S/C14H18ClN3/c1-4-18-10(2)7-12(11(18)3)8-17-14-9-16-6-5-13(14)15/h5-7,9,17H,4,8H2,1-3H3. The van der Waals surface area contributed by atoms with E-state index in [1.165, 1.54) is 17.0 Å². The van der Waals surface area contributed by atoms with Gasteiger partial charge in [0.05, 0.1) is 16.9 Å². The van der Waals surface area contributed by atoms with Gasteiger partial charge in [0.2, 0.25) is 0 Å². The van der Waals surface area contributed by atoms with E-state index in [9.17, 15) is 0 Å². The summed E-state index contributed by atoms with van der Waals surface area (Å²) in [5, 5.41) is 4.03. The first-order valence-electron chi connectivity index (χ1n) is 6.12. The van der Waals surface area contributed by atoms with Crippen LogP contribution in [0, 0.1) is 13.8 Å². The molecular formula is C14H18ClN3. The van der Waals surface area contributed by atoms with Gasteiger partial charge in [-0.1, -0.05) is 11.6 Å². The molecule has 0 aromatic carbocycles. The van der Waals surface area contributed by atoms with Gasteiger partial charge in [0.1, 0.15) is 0 Å². The van der Waals surface area contributed by atoms with Crippen molar-refractivity contribution in [3.63, 3.8) is 0 Å². The maximum absolute atomic E-state index is 6.09. The van der Waals surface area contributed by atoms with Crippen molar-refractivity contribution in [3.8, 4) is 0 Å². The number of hydrogen-bond donors (Lipinski definition) is 1. The van der Waals surface area contributed by atoms with Crippen LogP contribution < -0.4 is 5.32 Å². The molecule has 0 aliphatic heterocycles. The molecule has 0 aliphatic rings. The Labute approximate surface area is 113 Å². The molecule has 2 heterocycles. The molecular weight excluding hydrogens is 246 g/mol. The molecule has 2 aromatic rings. The summed E-state index contributed by atoms with van der Waals surface area (Å²) in [4.78, 5) is 4.07. The largest absolute Gasteiger partial charge is 0.378 e. The van der Waals surface area contributed by atoms with Crippen LogP contribution in [0.4, 0.5) is 5.69 Å². The van der Waals surface area contributed by atoms with Crippen LogP contribution in [0.15, 0.2) is 24.5 Å². The summed E-state index contributed by atoms with van der Waals surface area (Å²) < 4.78 is 2.31. The zero-order valence-electron chi connectivity index (χ0n) is 11.0. The predicted octanol–water partition coefficient (Wildman–Crippen LogP) is 3.79. The Kier molecular flexibility index (Phi) is 3.92. The minimum absolute atomic E-state index is 0.703. The zero-order chi connectivity index (χ0) is 13.1. The molecule has 3 nitrogen and oxygen atoms in total. The van der Waals surface area contributed by atoms with Crippen LogP contribution in [-0.2, 0) is 13.1 Å². The summed E-state index contributed by atoms with van der Waals surface area (Å²) in [6.45, 7) is 8.22. The minimum atomic E-state index is 0.703. The molecule has 4 heteroatoms. The lowest BCUT2D eigenvalue weighted by Crippen LogP contribution is -2.03. The van der Waals surface area contributed by atoms with Gasteiger partial charge in [-0.25, -0.2) is 0 Å². The van der Waals surface area contributed by atoms with Crippen molar-refractivity contribution in [1.29, 1.82) is 0 Å². The number of halogens is 1. The van der Waals surface area contributed by atoms with Crippen LogP contribution in [0.25, 0.3) is 0 Å². The number of aromatic nitrogens is 2. The molecule has 0 fully saturated rings. The predicted molar refractivity (Wildman–Crippen MR) is 76.2 cm³/mol. The lowest BCUT2D eigenvalue weighted by molar-refractivity contribution is 0.715. The third-order valence-electron chi connectivity index (χ3n) is 3.23. The van der Waals surface area contributed by atoms with E-state index < -0.39 is 0 Å².